The van der Waals surface area contributed by atoms with Crippen LogP contribution in [0.3, 0.4) is 0 Å². The molecule has 19 heavy (non-hydrogen) atoms. The van der Waals surface area contributed by atoms with Gasteiger partial charge >= 0.3 is 0 Å². The van der Waals surface area contributed by atoms with E-state index in [9.17, 15) is 4.79 Å². The summed E-state index contributed by atoms with van der Waals surface area (Å²) in [7, 11) is 0. The van der Waals surface area contributed by atoms with Gasteiger partial charge in [0.25, 0.3) is 5.91 Å². The third-order valence-electron chi connectivity index (χ3n) is 3.74. The molecule has 0 radical (unpaired) electrons. The highest BCUT2D eigenvalue weighted by atomic mass is 32.1. The van der Waals surface area contributed by atoms with E-state index in [1.165, 1.54) is 11.3 Å². The Labute approximate surface area is 116 Å². The third-order valence-corrected chi connectivity index (χ3v) is 4.86. The monoisotopic (exact) mass is 275 g/mol. The van der Waals surface area contributed by atoms with Gasteiger partial charge in [0.05, 0.1) is 5.69 Å². The van der Waals surface area contributed by atoms with Gasteiger partial charge in [-0.1, -0.05) is 6.92 Å². The number of likely N-dealkylation sites (tertiary alicyclic amines) is 1. The van der Waals surface area contributed by atoms with Crippen LogP contribution in [0.2, 0.25) is 0 Å². The summed E-state index contributed by atoms with van der Waals surface area (Å²) in [5.41, 5.74) is 6.68. The SMILES string of the molecule is CC1CC(C)N(C(=O)c2sc3ncccc3c2N)C1. The third kappa shape index (κ3) is 1.98. The van der Waals surface area contributed by atoms with Crippen LogP contribution < -0.4 is 5.73 Å². The zero-order chi connectivity index (χ0) is 13.6. The van der Waals surface area contributed by atoms with Crippen molar-refractivity contribution < 1.29 is 4.79 Å². The average Bonchev–Trinajstić information content (AvgIpc) is 2.90. The van der Waals surface area contributed by atoms with Crippen molar-refractivity contribution in [2.24, 2.45) is 5.92 Å². The molecule has 0 saturated carbocycles. The maximum atomic E-state index is 12.6. The fraction of sp³-hybridized carbons (Fsp3) is 0.429. The Morgan fingerprint density at radius 2 is 2.32 bits per heavy atom. The Morgan fingerprint density at radius 3 is 2.95 bits per heavy atom. The molecule has 1 saturated heterocycles. The van der Waals surface area contributed by atoms with E-state index in [0.29, 0.717) is 22.5 Å². The normalized spacial score (nSPS) is 23.2. The smallest absolute Gasteiger partial charge is 0.266 e. The number of amides is 1. The first kappa shape index (κ1) is 12.4. The number of hydrogen-bond acceptors (Lipinski definition) is 4. The highest BCUT2D eigenvalue weighted by molar-refractivity contribution is 7.21. The predicted molar refractivity (Wildman–Crippen MR) is 78.3 cm³/mol. The Balaban J connectivity index is 2.00. The molecule has 0 aliphatic carbocycles. The standard InChI is InChI=1S/C14H17N3OS/c1-8-6-9(2)17(7-8)14(18)12-11(15)10-4-3-5-16-13(10)19-12/h3-5,8-9H,6-7,15H2,1-2H3. The lowest BCUT2D eigenvalue weighted by atomic mass is 10.1. The molecule has 4 nitrogen and oxygen atoms in total. The number of hydrogen-bond donors (Lipinski definition) is 1. The Hall–Kier alpha value is -1.62. The van der Waals surface area contributed by atoms with Crippen LogP contribution in [-0.2, 0) is 0 Å². The summed E-state index contributed by atoms with van der Waals surface area (Å²) < 4.78 is 0. The van der Waals surface area contributed by atoms with Gasteiger partial charge in [0, 0.05) is 24.2 Å². The second kappa shape index (κ2) is 4.49. The van der Waals surface area contributed by atoms with E-state index in [1.54, 1.807) is 6.20 Å². The van der Waals surface area contributed by atoms with Crippen molar-refractivity contribution in [2.45, 2.75) is 26.3 Å². The first-order valence-corrected chi connectivity index (χ1v) is 7.33. The molecule has 1 aliphatic rings. The van der Waals surface area contributed by atoms with Gasteiger partial charge in [-0.25, -0.2) is 4.98 Å². The maximum absolute atomic E-state index is 12.6. The van der Waals surface area contributed by atoms with Crippen LogP contribution in [0.1, 0.15) is 29.9 Å². The molecule has 0 bridgehead atoms. The van der Waals surface area contributed by atoms with Crippen molar-refractivity contribution in [1.82, 2.24) is 9.88 Å². The molecule has 5 heteroatoms. The molecule has 1 fully saturated rings. The van der Waals surface area contributed by atoms with Gasteiger partial charge in [-0.2, -0.15) is 0 Å². The van der Waals surface area contributed by atoms with Crippen LogP contribution in [0.5, 0.6) is 0 Å². The number of nitrogens with two attached hydrogens (primary N) is 1. The summed E-state index contributed by atoms with van der Waals surface area (Å²) in [6.07, 6.45) is 2.79. The summed E-state index contributed by atoms with van der Waals surface area (Å²) in [6.45, 7) is 5.10. The fourth-order valence-corrected chi connectivity index (χ4v) is 3.84. The number of fused-ring (bicyclic) bond motifs is 1. The average molecular weight is 275 g/mol. The van der Waals surface area contributed by atoms with Gasteiger partial charge in [-0.05, 0) is 31.4 Å². The summed E-state index contributed by atoms with van der Waals surface area (Å²) in [5.74, 6) is 0.616. The number of carbonyl (C=O) groups excluding carboxylic acids is 1. The minimum atomic E-state index is 0.0531. The predicted octanol–water partition coefficient (Wildman–Crippen LogP) is 2.75. The molecule has 2 aromatic heterocycles. The first-order chi connectivity index (χ1) is 9.08. The second-order valence-electron chi connectivity index (χ2n) is 5.35. The summed E-state index contributed by atoms with van der Waals surface area (Å²) in [5, 5.41) is 0.885. The van der Waals surface area contributed by atoms with Gasteiger partial charge < -0.3 is 10.6 Å². The highest BCUT2D eigenvalue weighted by Gasteiger charge is 2.32. The topological polar surface area (TPSA) is 59.2 Å². The van der Waals surface area contributed by atoms with E-state index in [0.717, 1.165) is 23.2 Å². The molecule has 2 aromatic rings. The molecule has 2 N–H and O–H groups in total. The molecule has 0 spiro atoms. The lowest BCUT2D eigenvalue weighted by Crippen LogP contribution is -2.33. The van der Waals surface area contributed by atoms with Crippen LogP contribution in [0.4, 0.5) is 5.69 Å². The molecule has 0 aromatic carbocycles. The summed E-state index contributed by atoms with van der Waals surface area (Å²) in [4.78, 5) is 20.3. The number of pyridine rings is 1. The van der Waals surface area contributed by atoms with Crippen molar-refractivity contribution >= 4 is 33.1 Å². The van der Waals surface area contributed by atoms with E-state index >= 15 is 0 Å². The summed E-state index contributed by atoms with van der Waals surface area (Å²) >= 11 is 1.39. The number of anilines is 1. The fourth-order valence-electron chi connectivity index (χ4n) is 2.82. The van der Waals surface area contributed by atoms with E-state index in [-0.39, 0.29) is 5.91 Å². The van der Waals surface area contributed by atoms with Gasteiger partial charge in [-0.3, -0.25) is 4.79 Å². The van der Waals surface area contributed by atoms with E-state index in [4.69, 9.17) is 5.73 Å². The van der Waals surface area contributed by atoms with Crippen LogP contribution in [-0.4, -0.2) is 28.4 Å². The number of nitrogens with zero attached hydrogens (tertiary/aromatic N) is 2. The van der Waals surface area contributed by atoms with Crippen LogP contribution in [0, 0.1) is 5.92 Å². The molecular weight excluding hydrogens is 258 g/mol. The lowest BCUT2D eigenvalue weighted by Gasteiger charge is -2.20. The zero-order valence-electron chi connectivity index (χ0n) is 11.1. The lowest BCUT2D eigenvalue weighted by molar-refractivity contribution is 0.0749. The number of aromatic nitrogens is 1. The molecule has 2 unspecified atom stereocenters. The number of nitrogen functional groups attached to an aromatic ring is 1. The van der Waals surface area contributed by atoms with Crippen molar-refractivity contribution in [3.63, 3.8) is 0 Å². The Bertz CT molecular complexity index is 637. The highest BCUT2D eigenvalue weighted by Crippen LogP contribution is 2.34. The van der Waals surface area contributed by atoms with Crippen molar-refractivity contribution in [1.29, 1.82) is 0 Å². The number of rotatable bonds is 1. The first-order valence-electron chi connectivity index (χ1n) is 6.52. The van der Waals surface area contributed by atoms with Crippen molar-refractivity contribution in [3.05, 3.63) is 23.2 Å². The van der Waals surface area contributed by atoms with Gasteiger partial charge in [0.1, 0.15) is 9.71 Å². The zero-order valence-corrected chi connectivity index (χ0v) is 11.9. The van der Waals surface area contributed by atoms with Gasteiger partial charge in [0.15, 0.2) is 0 Å². The van der Waals surface area contributed by atoms with E-state index < -0.39 is 0 Å². The van der Waals surface area contributed by atoms with Crippen LogP contribution >= 0.6 is 11.3 Å². The molecule has 100 valence electrons. The summed E-state index contributed by atoms with van der Waals surface area (Å²) in [6, 6.07) is 4.06. The molecule has 1 aliphatic heterocycles. The van der Waals surface area contributed by atoms with Gasteiger partial charge in [0.2, 0.25) is 0 Å². The van der Waals surface area contributed by atoms with E-state index in [1.807, 2.05) is 17.0 Å². The van der Waals surface area contributed by atoms with E-state index in [2.05, 4.69) is 18.8 Å². The van der Waals surface area contributed by atoms with Crippen molar-refractivity contribution in [3.8, 4) is 0 Å². The molecule has 1 amide bonds. The molecule has 3 rings (SSSR count). The number of carbonyl (C=O) groups is 1. The Morgan fingerprint density at radius 1 is 1.53 bits per heavy atom. The Kier molecular flexibility index (Phi) is 2.93. The molecule has 2 atom stereocenters. The molecule has 3 heterocycles. The quantitative estimate of drug-likeness (QED) is 0.870. The minimum absolute atomic E-state index is 0.0531. The van der Waals surface area contributed by atoms with Crippen molar-refractivity contribution in [2.75, 3.05) is 12.3 Å². The largest absolute Gasteiger partial charge is 0.397 e. The van der Waals surface area contributed by atoms with Gasteiger partial charge in [-0.15, -0.1) is 11.3 Å². The van der Waals surface area contributed by atoms with Crippen LogP contribution in [0.15, 0.2) is 18.3 Å². The second-order valence-corrected chi connectivity index (χ2v) is 6.35. The maximum Gasteiger partial charge on any atom is 0.266 e. The molecular formula is C14H17N3OS. The number of thiophene rings is 1. The minimum Gasteiger partial charge on any atom is -0.397 e. The van der Waals surface area contributed by atoms with Crippen LogP contribution in [0.25, 0.3) is 10.2 Å².